The van der Waals surface area contributed by atoms with E-state index < -0.39 is 66.8 Å². The Morgan fingerprint density at radius 1 is 0.800 bits per heavy atom. The predicted molar refractivity (Wildman–Crippen MR) is 260 cm³/mol. The van der Waals surface area contributed by atoms with Crippen LogP contribution in [0, 0.1) is 35.5 Å². The molecular weight excluding hydrogens is 896 g/mol. The minimum Gasteiger partial charge on any atom is -0.462 e. The first kappa shape index (κ1) is 51.0. The number of methoxy groups -OCH3 is 3. The van der Waals surface area contributed by atoms with E-state index in [4.69, 9.17) is 37.9 Å². The third kappa shape index (κ3) is 10.2. The van der Waals surface area contributed by atoms with Gasteiger partial charge in [-0.2, -0.15) is 0 Å². The summed E-state index contributed by atoms with van der Waals surface area (Å²) in [6, 6.07) is 17.8. The van der Waals surface area contributed by atoms with E-state index in [0.29, 0.717) is 56.2 Å². The van der Waals surface area contributed by atoms with Crippen LogP contribution in [0.2, 0.25) is 0 Å². The lowest BCUT2D eigenvalue weighted by Crippen LogP contribution is -2.59. The van der Waals surface area contributed by atoms with Gasteiger partial charge in [0.2, 0.25) is 0 Å². The topological polar surface area (TPSA) is 142 Å². The molecule has 382 valence electrons. The van der Waals surface area contributed by atoms with Crippen molar-refractivity contribution < 1.29 is 51.9 Å². The average molecular weight is 971 g/mol. The van der Waals surface area contributed by atoms with Crippen LogP contribution in [0.15, 0.2) is 72.4 Å². The normalized spacial score (nSPS) is 39.3. The van der Waals surface area contributed by atoms with E-state index in [2.05, 4.69) is 60.5 Å². The Morgan fingerprint density at radius 2 is 1.50 bits per heavy atom. The number of hydrogen-bond donors (Lipinski definition) is 0. The Morgan fingerprint density at radius 3 is 2.19 bits per heavy atom. The molecule has 5 unspecified atom stereocenters. The number of ketones is 1. The monoisotopic (exact) mass is 971 g/mol. The molecule has 5 fully saturated rings. The van der Waals surface area contributed by atoms with Crippen LogP contribution in [0.4, 0.5) is 4.39 Å². The van der Waals surface area contributed by atoms with Gasteiger partial charge in [0.1, 0.15) is 36.3 Å². The molecule has 1 aromatic heterocycles. The Kier molecular flexibility index (Phi) is 16.1. The van der Waals surface area contributed by atoms with E-state index in [1.54, 1.807) is 26.0 Å². The molecule has 0 amide bonds. The van der Waals surface area contributed by atoms with Gasteiger partial charge in [0.15, 0.2) is 18.4 Å². The van der Waals surface area contributed by atoms with Gasteiger partial charge in [-0.05, 0) is 114 Å². The number of esters is 1. The summed E-state index contributed by atoms with van der Waals surface area (Å²) in [5.74, 6) is -3.29. The number of aromatic nitrogens is 3. The smallest absolute Gasteiger partial charge is 0.306 e. The Labute approximate surface area is 413 Å². The van der Waals surface area contributed by atoms with Gasteiger partial charge in [0.05, 0.1) is 43.1 Å². The number of carbonyl (C=O) groups is 2. The van der Waals surface area contributed by atoms with Crippen LogP contribution in [0.3, 0.4) is 0 Å². The lowest BCUT2D eigenvalue weighted by Gasteiger charge is -2.45. The molecule has 6 aliphatic rings. The van der Waals surface area contributed by atoms with Crippen molar-refractivity contribution in [2.75, 3.05) is 35.4 Å². The maximum atomic E-state index is 18.5. The number of carbonyl (C=O) groups excluding carboxylic acids is 2. The van der Waals surface area contributed by atoms with Gasteiger partial charge in [-0.15, -0.1) is 5.10 Å². The van der Waals surface area contributed by atoms with E-state index in [0.717, 1.165) is 23.1 Å². The summed E-state index contributed by atoms with van der Waals surface area (Å²) in [7, 11) is 8.99. The summed E-state index contributed by atoms with van der Waals surface area (Å²) in [5.41, 5.74) is 4.15. The van der Waals surface area contributed by atoms with Crippen molar-refractivity contribution in [3.8, 4) is 22.4 Å². The molecule has 2 aromatic carbocycles. The second kappa shape index (κ2) is 22.0. The number of Topliss-reactive ketones (excluding diaryl/α,β-unsaturated/α-hetero) is 1. The summed E-state index contributed by atoms with van der Waals surface area (Å²) < 4.78 is 70.7. The maximum Gasteiger partial charge on any atom is 0.306 e. The SMILES string of the molecule is CC[C@H]1CCC[C@H](O[C@H]2CC[C@H](N(C)C)C(C)O2)[C@@H](C)C(=O)C2=C[C@H]3[C@@H]4C[C@H](O[C@@H]5OC(C)[C@H](OC)C(OC)C5OC)C[C@H]4C(n4cc(-c5ccc(-c6ccccc6)cc5)nn4)[C@@H](F)[C@H]3[C@@H]2CC(=O)O1. The predicted octanol–water partition coefficient (Wildman–Crippen LogP) is 8.44. The summed E-state index contributed by atoms with van der Waals surface area (Å²) in [6.45, 7) is 7.96. The van der Waals surface area contributed by atoms with Crippen molar-refractivity contribution >= 4 is 11.8 Å². The van der Waals surface area contributed by atoms with Crippen LogP contribution < -0.4 is 0 Å². The third-order valence-electron chi connectivity index (χ3n) is 16.9. The number of fused-ring (bicyclic) bond motifs is 5. The van der Waals surface area contributed by atoms with Crippen molar-refractivity contribution in [1.82, 2.24) is 19.9 Å². The van der Waals surface area contributed by atoms with E-state index in [9.17, 15) is 4.79 Å². The van der Waals surface area contributed by atoms with Crippen molar-refractivity contribution in [3.63, 3.8) is 0 Å². The molecule has 0 spiro atoms. The number of alkyl halides is 1. The first-order valence-corrected chi connectivity index (χ1v) is 25.9. The Bertz CT molecular complexity index is 2260. The first-order chi connectivity index (χ1) is 33.8. The summed E-state index contributed by atoms with van der Waals surface area (Å²) in [4.78, 5) is 31.5. The number of rotatable bonds is 12. The van der Waals surface area contributed by atoms with E-state index in [1.165, 1.54) is 0 Å². The number of ether oxygens (including phenoxy) is 8. The first-order valence-electron chi connectivity index (χ1n) is 25.9. The fraction of sp³-hybridized carbons (Fsp3) is 0.673. The Hall–Kier alpha value is -3.93. The summed E-state index contributed by atoms with van der Waals surface area (Å²) >= 11 is 0. The fourth-order valence-corrected chi connectivity index (χ4v) is 13.3. The molecule has 3 aromatic rings. The zero-order valence-electron chi connectivity index (χ0n) is 42.4. The average Bonchev–Trinajstić information content (AvgIpc) is 4.11. The highest BCUT2D eigenvalue weighted by atomic mass is 19.1. The van der Waals surface area contributed by atoms with Gasteiger partial charge in [-0.3, -0.25) is 9.59 Å². The minimum atomic E-state index is -1.50. The van der Waals surface area contributed by atoms with Crippen molar-refractivity contribution in [3.05, 3.63) is 72.4 Å². The quantitative estimate of drug-likeness (QED) is 0.161. The summed E-state index contributed by atoms with van der Waals surface area (Å²) in [5, 5.41) is 9.31. The summed E-state index contributed by atoms with van der Waals surface area (Å²) in [6.07, 6.45) is 3.37. The van der Waals surface area contributed by atoms with Gasteiger partial charge in [0.25, 0.3) is 0 Å². The van der Waals surface area contributed by atoms with E-state index in [-0.39, 0.29) is 66.5 Å². The number of allylic oxidation sites excluding steroid dienone is 2. The number of likely N-dealkylation sites (N-methyl/N-ethyl adjacent to an activating group) is 1. The van der Waals surface area contributed by atoms with Crippen LogP contribution in [-0.2, 0) is 47.5 Å². The van der Waals surface area contributed by atoms with Crippen LogP contribution in [-0.4, -0.2) is 141 Å². The fourth-order valence-electron chi connectivity index (χ4n) is 13.3. The molecule has 2 saturated carbocycles. The second-order valence-electron chi connectivity index (χ2n) is 21.1. The molecule has 4 heterocycles. The third-order valence-corrected chi connectivity index (χ3v) is 16.9. The number of benzene rings is 2. The molecule has 70 heavy (non-hydrogen) atoms. The van der Waals surface area contributed by atoms with Crippen LogP contribution >= 0.6 is 0 Å². The van der Waals surface area contributed by atoms with Crippen molar-refractivity contribution in [1.29, 1.82) is 0 Å². The van der Waals surface area contributed by atoms with Gasteiger partial charge >= 0.3 is 5.97 Å². The van der Waals surface area contributed by atoms with Crippen molar-refractivity contribution in [2.45, 2.75) is 165 Å². The molecule has 3 saturated heterocycles. The number of halogens is 1. The molecule has 0 radical (unpaired) electrons. The molecule has 0 N–H and O–H groups in total. The van der Waals surface area contributed by atoms with Crippen LogP contribution in [0.1, 0.15) is 91.5 Å². The van der Waals surface area contributed by atoms with Crippen LogP contribution in [0.5, 0.6) is 0 Å². The Balaban J connectivity index is 1.05. The lowest BCUT2D eigenvalue weighted by molar-refractivity contribution is -0.314. The molecule has 3 aliphatic heterocycles. The molecule has 0 bridgehead atoms. The van der Waals surface area contributed by atoms with Gasteiger partial charge in [-0.25, -0.2) is 9.07 Å². The van der Waals surface area contributed by atoms with Crippen LogP contribution in [0.25, 0.3) is 22.4 Å². The minimum absolute atomic E-state index is 0.0417. The zero-order valence-corrected chi connectivity index (χ0v) is 42.4. The highest BCUT2D eigenvalue weighted by Crippen LogP contribution is 2.61. The van der Waals surface area contributed by atoms with Gasteiger partial charge in [-0.1, -0.05) is 79.7 Å². The highest BCUT2D eigenvalue weighted by molar-refractivity contribution is 5.99. The molecule has 3 aliphatic carbocycles. The number of hydrogen-bond acceptors (Lipinski definition) is 13. The number of cyclic esters (lactones) is 1. The zero-order chi connectivity index (χ0) is 49.4. The molecular formula is C55H75FN4O10. The van der Waals surface area contributed by atoms with Crippen molar-refractivity contribution in [2.24, 2.45) is 35.5 Å². The van der Waals surface area contributed by atoms with Gasteiger partial charge in [0, 0.05) is 50.7 Å². The lowest BCUT2D eigenvalue weighted by atomic mass is 9.63. The van der Waals surface area contributed by atoms with Gasteiger partial charge < -0.3 is 42.8 Å². The molecule has 14 nitrogen and oxygen atoms in total. The largest absolute Gasteiger partial charge is 0.462 e. The van der Waals surface area contributed by atoms with E-state index >= 15 is 9.18 Å². The number of nitrogens with zero attached hydrogens (tertiary/aromatic N) is 4. The molecule has 9 rings (SSSR count). The second-order valence-corrected chi connectivity index (χ2v) is 21.1. The highest BCUT2D eigenvalue weighted by Gasteiger charge is 2.61. The molecule has 15 heteroatoms. The molecule has 19 atom stereocenters. The maximum absolute atomic E-state index is 18.5. The van der Waals surface area contributed by atoms with E-state index in [1.807, 2.05) is 63.4 Å². The standard InChI is InChI=1S/C55H75FN4O10/c1-10-36-17-14-18-45(70-47-24-23-44(59(5)6)31(3)66-47)30(2)51(62)42-27-39-38-25-37(69-55-54(65-9)53(64-8)52(63-7)32(4)67-55)26-41(38)50(49(56)48(39)40(42)28-46(61)68-36)60-29-43(57-58-60)35-21-19-34(20-22-35)33-15-12-11-13-16-33/h11-13,15-16,19-22,27,29-32,36-41,44-45,47-50,52-55H,10,14,17-18,23-26,28H2,1-9H3/t30-,31?,32?,36+,37+,38+,39+,40-,41-,44+,45+,47+,48-,49+,50?,52+,53?,54?,55+/m1/s1.